The van der Waals surface area contributed by atoms with Crippen LogP contribution in [0.1, 0.15) is 32.1 Å². The number of likely N-dealkylation sites (tertiary alicyclic amines) is 1. The summed E-state index contributed by atoms with van der Waals surface area (Å²) in [4.78, 5) is 2.51. The first-order valence-corrected chi connectivity index (χ1v) is 6.85. The van der Waals surface area contributed by atoms with Crippen LogP contribution in [0.5, 0.6) is 0 Å². The van der Waals surface area contributed by atoms with Crippen LogP contribution in [0, 0.1) is 5.92 Å². The van der Waals surface area contributed by atoms with Gasteiger partial charge in [-0.2, -0.15) is 0 Å². The molecule has 2 heterocycles. The molecule has 1 atom stereocenters. The average Bonchev–Trinajstić information content (AvgIpc) is 2.33. The molecule has 0 amide bonds. The van der Waals surface area contributed by atoms with Crippen LogP contribution in [0.4, 0.5) is 0 Å². The maximum atomic E-state index is 5.38. The third-order valence-electron chi connectivity index (χ3n) is 4.08. The van der Waals surface area contributed by atoms with Gasteiger partial charge in [0.2, 0.25) is 0 Å². The first-order chi connectivity index (χ1) is 7.86. The Morgan fingerprint density at radius 1 is 1.12 bits per heavy atom. The highest BCUT2D eigenvalue weighted by Crippen LogP contribution is 2.15. The minimum atomic E-state index is 0.772. The maximum Gasteiger partial charge on any atom is 0.0469 e. The lowest BCUT2D eigenvalue weighted by Crippen LogP contribution is -2.44. The molecule has 94 valence electrons. The highest BCUT2D eigenvalue weighted by Gasteiger charge is 2.19. The first kappa shape index (κ1) is 12.3. The van der Waals surface area contributed by atoms with Gasteiger partial charge in [0.05, 0.1) is 0 Å². The monoisotopic (exact) mass is 226 g/mol. The van der Waals surface area contributed by atoms with Gasteiger partial charge in [0.15, 0.2) is 0 Å². The van der Waals surface area contributed by atoms with E-state index in [1.807, 2.05) is 0 Å². The first-order valence-electron chi connectivity index (χ1n) is 6.85. The SMILES string of the molecule is CN1CCCCC1CNCC1CCOCC1. The Bertz CT molecular complexity index is 192. The molecule has 3 nitrogen and oxygen atoms in total. The van der Waals surface area contributed by atoms with Crippen molar-refractivity contribution in [3.8, 4) is 0 Å². The lowest BCUT2D eigenvalue weighted by molar-refractivity contribution is 0.0653. The van der Waals surface area contributed by atoms with Crippen LogP contribution in [0.3, 0.4) is 0 Å². The zero-order chi connectivity index (χ0) is 11.2. The fourth-order valence-corrected chi connectivity index (χ4v) is 2.81. The number of hydrogen-bond donors (Lipinski definition) is 1. The van der Waals surface area contributed by atoms with Gasteiger partial charge >= 0.3 is 0 Å². The molecule has 0 aromatic heterocycles. The summed E-state index contributed by atoms with van der Waals surface area (Å²) in [5.74, 6) is 0.850. The van der Waals surface area contributed by atoms with Gasteiger partial charge in [-0.1, -0.05) is 6.42 Å². The molecular formula is C13H26N2O. The van der Waals surface area contributed by atoms with E-state index in [0.717, 1.165) is 25.2 Å². The summed E-state index contributed by atoms with van der Waals surface area (Å²) in [7, 11) is 2.26. The van der Waals surface area contributed by atoms with Crippen LogP contribution in [0.2, 0.25) is 0 Å². The van der Waals surface area contributed by atoms with E-state index >= 15 is 0 Å². The van der Waals surface area contributed by atoms with Gasteiger partial charge in [-0.05, 0) is 51.7 Å². The van der Waals surface area contributed by atoms with E-state index in [1.54, 1.807) is 0 Å². The van der Waals surface area contributed by atoms with Crippen LogP contribution >= 0.6 is 0 Å². The normalized spacial score (nSPS) is 29.4. The van der Waals surface area contributed by atoms with Crippen molar-refractivity contribution in [3.63, 3.8) is 0 Å². The molecule has 0 spiro atoms. The Morgan fingerprint density at radius 2 is 1.94 bits per heavy atom. The van der Waals surface area contributed by atoms with E-state index < -0.39 is 0 Å². The zero-order valence-corrected chi connectivity index (χ0v) is 10.6. The van der Waals surface area contributed by atoms with Gasteiger partial charge in [0.1, 0.15) is 0 Å². The number of rotatable bonds is 4. The lowest BCUT2D eigenvalue weighted by Gasteiger charge is -2.33. The maximum absolute atomic E-state index is 5.38. The molecule has 0 aromatic rings. The lowest BCUT2D eigenvalue weighted by atomic mass is 9.99. The van der Waals surface area contributed by atoms with Crippen molar-refractivity contribution in [2.24, 2.45) is 5.92 Å². The third-order valence-corrected chi connectivity index (χ3v) is 4.08. The second-order valence-corrected chi connectivity index (χ2v) is 5.34. The fourth-order valence-electron chi connectivity index (χ4n) is 2.81. The molecule has 2 fully saturated rings. The molecule has 2 aliphatic rings. The summed E-state index contributed by atoms with van der Waals surface area (Å²) in [6, 6.07) is 0.772. The highest BCUT2D eigenvalue weighted by atomic mass is 16.5. The van der Waals surface area contributed by atoms with Gasteiger partial charge in [-0.25, -0.2) is 0 Å². The highest BCUT2D eigenvalue weighted by molar-refractivity contribution is 4.77. The number of piperidine rings is 1. The number of likely N-dealkylation sites (N-methyl/N-ethyl adjacent to an activating group) is 1. The standard InChI is InChI=1S/C13H26N2O/c1-15-7-3-2-4-13(15)11-14-10-12-5-8-16-9-6-12/h12-14H,2-11H2,1H3. The van der Waals surface area contributed by atoms with Gasteiger partial charge in [-0.15, -0.1) is 0 Å². The van der Waals surface area contributed by atoms with E-state index in [4.69, 9.17) is 4.74 Å². The van der Waals surface area contributed by atoms with Crippen LogP contribution < -0.4 is 5.32 Å². The number of hydrogen-bond acceptors (Lipinski definition) is 3. The third kappa shape index (κ3) is 3.72. The van der Waals surface area contributed by atoms with Gasteiger partial charge < -0.3 is 15.0 Å². The Hall–Kier alpha value is -0.120. The van der Waals surface area contributed by atoms with Gasteiger partial charge in [0.25, 0.3) is 0 Å². The van der Waals surface area contributed by atoms with Crippen molar-refractivity contribution >= 4 is 0 Å². The summed E-state index contributed by atoms with van der Waals surface area (Å²) in [5.41, 5.74) is 0. The largest absolute Gasteiger partial charge is 0.381 e. The molecule has 2 saturated heterocycles. The molecule has 3 heteroatoms. The van der Waals surface area contributed by atoms with E-state index in [2.05, 4.69) is 17.3 Å². The molecule has 1 unspecified atom stereocenters. The fraction of sp³-hybridized carbons (Fsp3) is 1.00. The topological polar surface area (TPSA) is 24.5 Å². The minimum Gasteiger partial charge on any atom is -0.381 e. The summed E-state index contributed by atoms with van der Waals surface area (Å²) in [6.45, 7) is 5.58. The smallest absolute Gasteiger partial charge is 0.0469 e. The van der Waals surface area contributed by atoms with Gasteiger partial charge in [-0.3, -0.25) is 0 Å². The summed E-state index contributed by atoms with van der Waals surface area (Å²) in [5, 5.41) is 3.66. The molecule has 2 rings (SSSR count). The second kappa shape index (κ2) is 6.58. The van der Waals surface area contributed by atoms with Crippen LogP contribution in [0.15, 0.2) is 0 Å². The van der Waals surface area contributed by atoms with Gasteiger partial charge in [0, 0.05) is 25.8 Å². The van der Waals surface area contributed by atoms with E-state index in [-0.39, 0.29) is 0 Å². The van der Waals surface area contributed by atoms with Crippen molar-refractivity contribution in [2.45, 2.75) is 38.1 Å². The second-order valence-electron chi connectivity index (χ2n) is 5.34. The molecule has 0 bridgehead atoms. The van der Waals surface area contributed by atoms with Crippen LogP contribution in [0.25, 0.3) is 0 Å². The predicted molar refractivity (Wildman–Crippen MR) is 66.7 cm³/mol. The van der Waals surface area contributed by atoms with Crippen molar-refractivity contribution in [1.82, 2.24) is 10.2 Å². The molecule has 0 aliphatic carbocycles. The van der Waals surface area contributed by atoms with E-state index in [9.17, 15) is 0 Å². The summed E-state index contributed by atoms with van der Waals surface area (Å²) in [6.07, 6.45) is 6.65. The zero-order valence-electron chi connectivity index (χ0n) is 10.6. The molecular weight excluding hydrogens is 200 g/mol. The Kier molecular flexibility index (Phi) is 5.07. The molecule has 16 heavy (non-hydrogen) atoms. The Morgan fingerprint density at radius 3 is 2.69 bits per heavy atom. The van der Waals surface area contributed by atoms with Crippen molar-refractivity contribution in [1.29, 1.82) is 0 Å². The average molecular weight is 226 g/mol. The van der Waals surface area contributed by atoms with E-state index in [0.29, 0.717) is 0 Å². The molecule has 0 saturated carbocycles. The van der Waals surface area contributed by atoms with Crippen LogP contribution in [-0.4, -0.2) is 50.8 Å². The summed E-state index contributed by atoms with van der Waals surface area (Å²) >= 11 is 0. The number of ether oxygens (including phenoxy) is 1. The Labute approximate surface area is 99.5 Å². The Balaban J connectivity index is 1.59. The van der Waals surface area contributed by atoms with Crippen molar-refractivity contribution in [2.75, 3.05) is 39.9 Å². The molecule has 1 N–H and O–H groups in total. The van der Waals surface area contributed by atoms with Crippen molar-refractivity contribution in [3.05, 3.63) is 0 Å². The number of nitrogens with one attached hydrogen (secondary N) is 1. The van der Waals surface area contributed by atoms with Crippen LogP contribution in [-0.2, 0) is 4.74 Å². The van der Waals surface area contributed by atoms with Crippen molar-refractivity contribution < 1.29 is 4.74 Å². The quantitative estimate of drug-likeness (QED) is 0.786. The molecule has 0 aromatic carbocycles. The summed E-state index contributed by atoms with van der Waals surface area (Å²) < 4.78 is 5.38. The minimum absolute atomic E-state index is 0.772. The van der Waals surface area contributed by atoms with E-state index in [1.165, 1.54) is 51.7 Å². The molecule has 2 aliphatic heterocycles. The predicted octanol–water partition coefficient (Wildman–Crippen LogP) is 1.49. The number of nitrogens with zero attached hydrogens (tertiary/aromatic N) is 1. The molecule has 0 radical (unpaired) electrons.